The summed E-state index contributed by atoms with van der Waals surface area (Å²) in [7, 11) is 1.93. The first kappa shape index (κ1) is 14.4. The van der Waals surface area contributed by atoms with E-state index in [9.17, 15) is 4.79 Å². The molecule has 1 aliphatic carbocycles. The van der Waals surface area contributed by atoms with Crippen LogP contribution >= 0.6 is 0 Å². The molecule has 21 heavy (non-hydrogen) atoms. The number of para-hydroxylation sites is 2. The molecular weight excluding hydrogens is 262 g/mol. The van der Waals surface area contributed by atoms with Crippen LogP contribution in [0.4, 0.5) is 11.4 Å². The van der Waals surface area contributed by atoms with E-state index in [1.807, 2.05) is 18.0 Å². The highest BCUT2D eigenvalue weighted by molar-refractivity contribution is 5.97. The molecule has 3 rings (SSSR count). The molecule has 1 fully saturated rings. The van der Waals surface area contributed by atoms with Gasteiger partial charge in [0.25, 0.3) is 0 Å². The monoisotopic (exact) mass is 287 g/mol. The van der Waals surface area contributed by atoms with Crippen molar-refractivity contribution >= 4 is 17.3 Å². The Labute approximate surface area is 127 Å². The third-order valence-electron chi connectivity index (χ3n) is 4.40. The van der Waals surface area contributed by atoms with Gasteiger partial charge in [-0.3, -0.25) is 4.79 Å². The molecule has 4 heteroatoms. The van der Waals surface area contributed by atoms with E-state index in [1.54, 1.807) is 0 Å². The second-order valence-electron chi connectivity index (χ2n) is 6.13. The van der Waals surface area contributed by atoms with Gasteiger partial charge in [-0.05, 0) is 50.9 Å². The lowest BCUT2D eigenvalue weighted by Gasteiger charge is -2.38. The lowest BCUT2D eigenvalue weighted by Crippen LogP contribution is -2.44. The number of nitrogens with zero attached hydrogens (tertiary/aromatic N) is 2. The molecule has 1 aromatic rings. The van der Waals surface area contributed by atoms with Gasteiger partial charge in [-0.1, -0.05) is 12.1 Å². The minimum Gasteiger partial charge on any atom is -0.368 e. The second kappa shape index (κ2) is 6.48. The Balaban J connectivity index is 1.72. The molecule has 1 heterocycles. The van der Waals surface area contributed by atoms with Crippen LogP contribution in [-0.2, 0) is 4.79 Å². The number of rotatable bonds is 6. The lowest BCUT2D eigenvalue weighted by molar-refractivity contribution is -0.118. The van der Waals surface area contributed by atoms with Gasteiger partial charge in [-0.15, -0.1) is 0 Å². The maximum absolute atomic E-state index is 12.5. The fourth-order valence-electron chi connectivity index (χ4n) is 3.03. The molecule has 0 unspecified atom stereocenters. The number of carbonyl (C=O) groups is 1. The molecule has 2 aliphatic rings. The van der Waals surface area contributed by atoms with E-state index in [0.29, 0.717) is 6.42 Å². The summed E-state index contributed by atoms with van der Waals surface area (Å²) in [6, 6.07) is 8.36. The highest BCUT2D eigenvalue weighted by Crippen LogP contribution is 2.37. The predicted octanol–water partition coefficient (Wildman–Crippen LogP) is 2.25. The number of fused-ring (bicyclic) bond motifs is 1. The average molecular weight is 287 g/mol. The van der Waals surface area contributed by atoms with Crippen molar-refractivity contribution in [2.75, 3.05) is 43.0 Å². The van der Waals surface area contributed by atoms with Crippen molar-refractivity contribution in [2.45, 2.75) is 25.7 Å². The zero-order chi connectivity index (χ0) is 14.7. The van der Waals surface area contributed by atoms with Crippen LogP contribution in [0.5, 0.6) is 0 Å². The highest BCUT2D eigenvalue weighted by atomic mass is 16.2. The van der Waals surface area contributed by atoms with Crippen molar-refractivity contribution < 1.29 is 4.79 Å². The third-order valence-corrected chi connectivity index (χ3v) is 4.40. The normalized spacial score (nSPS) is 17.8. The number of hydrogen-bond acceptors (Lipinski definition) is 3. The van der Waals surface area contributed by atoms with Crippen LogP contribution < -0.4 is 15.1 Å². The van der Waals surface area contributed by atoms with E-state index in [1.165, 1.54) is 18.5 Å². The minimum atomic E-state index is 0.253. The summed E-state index contributed by atoms with van der Waals surface area (Å²) in [4.78, 5) is 16.9. The Kier molecular flexibility index (Phi) is 4.44. The van der Waals surface area contributed by atoms with Crippen LogP contribution in [0, 0.1) is 5.92 Å². The Morgan fingerprint density at radius 3 is 2.71 bits per heavy atom. The summed E-state index contributed by atoms with van der Waals surface area (Å²) in [5, 5.41) is 3.10. The maximum Gasteiger partial charge on any atom is 0.227 e. The van der Waals surface area contributed by atoms with E-state index >= 15 is 0 Å². The van der Waals surface area contributed by atoms with E-state index in [0.717, 1.165) is 44.2 Å². The van der Waals surface area contributed by atoms with Gasteiger partial charge in [0.15, 0.2) is 0 Å². The lowest BCUT2D eigenvalue weighted by atomic mass is 10.1. The van der Waals surface area contributed by atoms with Crippen molar-refractivity contribution in [1.29, 1.82) is 0 Å². The molecule has 114 valence electrons. The van der Waals surface area contributed by atoms with Crippen molar-refractivity contribution in [1.82, 2.24) is 5.32 Å². The summed E-state index contributed by atoms with van der Waals surface area (Å²) in [5.41, 5.74) is 2.33. The molecular formula is C17H25N3O. The largest absolute Gasteiger partial charge is 0.368 e. The topological polar surface area (TPSA) is 35.6 Å². The van der Waals surface area contributed by atoms with E-state index < -0.39 is 0 Å². The smallest absolute Gasteiger partial charge is 0.227 e. The third kappa shape index (κ3) is 3.38. The molecule has 1 aliphatic heterocycles. The summed E-state index contributed by atoms with van der Waals surface area (Å²) in [6.07, 6.45) is 4.26. The SMILES string of the molecule is CNCCCC(=O)N1CCN(CC2CC2)c2ccccc21. The van der Waals surface area contributed by atoms with Crippen LogP contribution in [0.1, 0.15) is 25.7 Å². The minimum absolute atomic E-state index is 0.253. The van der Waals surface area contributed by atoms with Crippen LogP contribution in [0.15, 0.2) is 24.3 Å². The summed E-state index contributed by atoms with van der Waals surface area (Å²) < 4.78 is 0. The van der Waals surface area contributed by atoms with Gasteiger partial charge in [0, 0.05) is 26.1 Å². The standard InChI is InChI=1S/C17H25N3O/c1-18-10-4-7-17(21)20-12-11-19(13-14-8-9-14)15-5-2-3-6-16(15)20/h2-3,5-6,14,18H,4,7-13H2,1H3. The molecule has 1 amide bonds. The van der Waals surface area contributed by atoms with Gasteiger partial charge >= 0.3 is 0 Å². The van der Waals surface area contributed by atoms with Crippen LogP contribution in [-0.4, -0.2) is 39.1 Å². The van der Waals surface area contributed by atoms with Crippen LogP contribution in [0.2, 0.25) is 0 Å². The first-order valence-corrected chi connectivity index (χ1v) is 8.08. The molecule has 1 aromatic carbocycles. The zero-order valence-corrected chi connectivity index (χ0v) is 12.8. The van der Waals surface area contributed by atoms with Gasteiger partial charge in [-0.2, -0.15) is 0 Å². The zero-order valence-electron chi connectivity index (χ0n) is 12.8. The number of amides is 1. The summed E-state index contributed by atoms with van der Waals surface area (Å²) >= 11 is 0. The fourth-order valence-corrected chi connectivity index (χ4v) is 3.03. The summed E-state index contributed by atoms with van der Waals surface area (Å²) in [5.74, 6) is 1.12. The Bertz CT molecular complexity index is 499. The number of hydrogen-bond donors (Lipinski definition) is 1. The molecule has 0 radical (unpaired) electrons. The first-order valence-electron chi connectivity index (χ1n) is 8.08. The predicted molar refractivity (Wildman–Crippen MR) is 86.9 cm³/mol. The molecule has 0 saturated heterocycles. The van der Waals surface area contributed by atoms with Crippen molar-refractivity contribution in [3.63, 3.8) is 0 Å². The second-order valence-corrected chi connectivity index (χ2v) is 6.13. The maximum atomic E-state index is 12.5. The number of benzene rings is 1. The van der Waals surface area contributed by atoms with E-state index in [-0.39, 0.29) is 5.91 Å². The molecule has 1 N–H and O–H groups in total. The Hall–Kier alpha value is -1.55. The van der Waals surface area contributed by atoms with Crippen molar-refractivity contribution in [2.24, 2.45) is 5.92 Å². The first-order chi connectivity index (χ1) is 10.3. The number of carbonyl (C=O) groups excluding carboxylic acids is 1. The Morgan fingerprint density at radius 1 is 1.24 bits per heavy atom. The highest BCUT2D eigenvalue weighted by Gasteiger charge is 2.30. The Morgan fingerprint density at radius 2 is 2.00 bits per heavy atom. The molecule has 0 spiro atoms. The van der Waals surface area contributed by atoms with Crippen molar-refractivity contribution in [3.05, 3.63) is 24.3 Å². The van der Waals surface area contributed by atoms with Gasteiger partial charge in [0.2, 0.25) is 5.91 Å². The van der Waals surface area contributed by atoms with Crippen molar-refractivity contribution in [3.8, 4) is 0 Å². The summed E-state index contributed by atoms with van der Waals surface area (Å²) in [6.45, 7) is 3.83. The molecule has 1 saturated carbocycles. The van der Waals surface area contributed by atoms with E-state index in [4.69, 9.17) is 0 Å². The molecule has 4 nitrogen and oxygen atoms in total. The van der Waals surface area contributed by atoms with Gasteiger partial charge in [-0.25, -0.2) is 0 Å². The molecule has 0 atom stereocenters. The van der Waals surface area contributed by atoms with E-state index in [2.05, 4.69) is 28.4 Å². The molecule has 0 bridgehead atoms. The van der Waals surface area contributed by atoms with Crippen LogP contribution in [0.25, 0.3) is 0 Å². The number of anilines is 2. The van der Waals surface area contributed by atoms with Crippen LogP contribution in [0.3, 0.4) is 0 Å². The van der Waals surface area contributed by atoms with Gasteiger partial charge in [0.1, 0.15) is 0 Å². The number of nitrogens with one attached hydrogen (secondary N) is 1. The quantitative estimate of drug-likeness (QED) is 0.815. The van der Waals surface area contributed by atoms with Gasteiger partial charge < -0.3 is 15.1 Å². The average Bonchev–Trinajstić information content (AvgIpc) is 3.32. The molecule has 0 aromatic heterocycles. The van der Waals surface area contributed by atoms with Gasteiger partial charge in [0.05, 0.1) is 11.4 Å². The fraction of sp³-hybridized carbons (Fsp3) is 0.588.